The van der Waals surface area contributed by atoms with Gasteiger partial charge in [0.25, 0.3) is 0 Å². The molecule has 0 heterocycles. The Bertz CT molecular complexity index is 6160. The Balaban J connectivity index is 0.000000424. The minimum atomic E-state index is -4.46. The maximum atomic E-state index is 12.2. The Morgan fingerprint density at radius 1 is 0.387 bits per heavy atom. The summed E-state index contributed by atoms with van der Waals surface area (Å²) in [5.41, 5.74) is 6.31. The van der Waals surface area contributed by atoms with Crippen molar-refractivity contribution in [1.82, 2.24) is 0 Å². The van der Waals surface area contributed by atoms with Gasteiger partial charge in [-0.3, -0.25) is 29.8 Å². The Hall–Kier alpha value is -13.0. The van der Waals surface area contributed by atoms with Gasteiger partial charge in [-0.25, -0.2) is 88.9 Å². The summed E-state index contributed by atoms with van der Waals surface area (Å²) in [5.74, 6) is -12.2. The third-order valence-corrected chi connectivity index (χ3v) is 21.1. The Morgan fingerprint density at radius 2 is 0.693 bits per heavy atom. The molecule has 0 saturated heterocycles. The van der Waals surface area contributed by atoms with Crippen molar-refractivity contribution in [2.75, 3.05) is 91.4 Å². The number of amides is 2. The van der Waals surface area contributed by atoms with Gasteiger partial charge in [0.15, 0.2) is 0 Å². The van der Waals surface area contributed by atoms with Gasteiger partial charge in [0.1, 0.15) is 98.1 Å². The number of nitrogens with one attached hydrogen (secondary N) is 2. The van der Waals surface area contributed by atoms with Gasteiger partial charge in [-0.2, -0.15) is 0 Å². The lowest BCUT2D eigenvalue weighted by atomic mass is 10.1. The zero-order chi connectivity index (χ0) is 103. The second kappa shape index (κ2) is 57.1. The Kier molecular flexibility index (Phi) is 49.3. The highest BCUT2D eigenvalue weighted by Crippen LogP contribution is 2.31. The van der Waals surface area contributed by atoms with Gasteiger partial charge in [-0.05, 0) is 178 Å². The molecule has 1 saturated carbocycles. The second-order valence-electron chi connectivity index (χ2n) is 29.0. The fourth-order valence-corrected chi connectivity index (χ4v) is 12.1. The molecule has 1 aliphatic carbocycles. The molecule has 7 aromatic rings. The van der Waals surface area contributed by atoms with Gasteiger partial charge in [-0.1, -0.05) is 101 Å². The standard InChI is InChI=1S/C18H19NO7S.C16H20O7S.C14H17NO7S.C14H18O7S.C13H16O7S.C12H14O7S/c1-13-11-15(17(20)25-9-10-27(22,23)24)7-8-16(13)19-18(21)26-12-14-5-3-2-4-6-14;1-11-6-7-13(16(18)22-8-9-24(19,20)21)14(10-11)23-15(17)12-4-2-3-5-12;1-3-6-22-14(17)15-12-5-4-11(9-10(12)2)13(16)21-7-8-23(18,19)20;1-9(2)13(15)21-12-8-10(3)4-5-11(12)14(16)20-6-7-22(17,18)19;1-3-12(14)20-11-8-9(2)4-5-10(11)13(15)19-6-7-21(16,17)18;1-8-3-4-10(11(7-8)19-9(2)13)12(14)18-5-6-20(15,16)17/h2-8,11H,9-10,12H2,1H3,(H,19,21)(H,22,23,24);6-7,10,12H,2-5,8-9H2,1H3,(H,19,20,21);3-5,9H,1,6-8H2,2H3,(H,15,17)(H,18,19,20);4-5,8-9H,6-7H2,1-3H3,(H,17,18,19);4-5,8H,3,6-7H2,1-2H3,(H,16,17,18);3-4,7H,5-6H2,1-2H3,(H,15,16,17)/p-6. The van der Waals surface area contributed by atoms with E-state index < -0.39 is 201 Å². The summed E-state index contributed by atoms with van der Waals surface area (Å²) in [6, 6.07) is 36.1. The molecular weight excluding hydrogens is 1940 g/mol. The van der Waals surface area contributed by atoms with Crippen molar-refractivity contribution in [3.8, 4) is 23.0 Å². The van der Waals surface area contributed by atoms with Crippen LogP contribution in [-0.2, 0) is 124 Å². The van der Waals surface area contributed by atoms with E-state index in [1.807, 2.05) is 30.3 Å². The van der Waals surface area contributed by atoms with Gasteiger partial charge >= 0.3 is 71.9 Å². The van der Waals surface area contributed by atoms with E-state index >= 15 is 0 Å². The molecule has 1 aliphatic rings. The summed E-state index contributed by atoms with van der Waals surface area (Å²) in [5, 5.41) is 5.07. The molecule has 44 nitrogen and oxygen atoms in total. The lowest BCUT2D eigenvalue weighted by molar-refractivity contribution is -0.139. The van der Waals surface area contributed by atoms with Gasteiger partial charge in [-0.15, -0.1) is 0 Å². The molecule has 0 spiro atoms. The molecular formula is C87H98N2O42S6-6. The number of anilines is 2. The van der Waals surface area contributed by atoms with Crippen LogP contribution in [0.4, 0.5) is 21.0 Å². The van der Waals surface area contributed by atoms with Crippen LogP contribution in [0.5, 0.6) is 23.0 Å². The molecule has 2 N–H and O–H groups in total. The summed E-state index contributed by atoms with van der Waals surface area (Å²) in [7, 11) is -26.7. The molecule has 0 unspecified atom stereocenters. The summed E-state index contributed by atoms with van der Waals surface area (Å²) in [4.78, 5) is 140. The number of aryl methyl sites for hydroxylation is 6. The third-order valence-electron chi connectivity index (χ3n) is 17.1. The number of esters is 10. The van der Waals surface area contributed by atoms with Crippen LogP contribution in [0.3, 0.4) is 0 Å². The first-order valence-corrected chi connectivity index (χ1v) is 49.8. The highest BCUT2D eigenvalue weighted by atomic mass is 32.2. The van der Waals surface area contributed by atoms with Gasteiger partial charge in [0.2, 0.25) is 0 Å². The number of ether oxygens (including phenoxy) is 12. The van der Waals surface area contributed by atoms with Crippen LogP contribution < -0.4 is 29.6 Å². The van der Waals surface area contributed by atoms with E-state index in [4.69, 9.17) is 52.1 Å². The molecule has 2 amide bonds. The van der Waals surface area contributed by atoms with Crippen molar-refractivity contribution in [3.63, 3.8) is 0 Å². The molecule has 8 rings (SSSR count). The van der Waals surface area contributed by atoms with E-state index in [-0.39, 0.29) is 93.8 Å². The number of carbonyl (C=O) groups is 12. The van der Waals surface area contributed by atoms with Crippen molar-refractivity contribution in [3.05, 3.63) is 225 Å². The highest BCUT2D eigenvalue weighted by Gasteiger charge is 2.28. The number of benzene rings is 7. The minimum absolute atomic E-state index is 0.00861. The van der Waals surface area contributed by atoms with Crippen LogP contribution in [0.15, 0.2) is 152 Å². The molecule has 750 valence electrons. The largest absolute Gasteiger partial charge is 0.748 e. The summed E-state index contributed by atoms with van der Waals surface area (Å²) in [6.45, 7) is 16.8. The number of rotatable bonds is 37. The fourth-order valence-electron chi connectivity index (χ4n) is 10.4. The fraction of sp³-hybridized carbons (Fsp3) is 0.356. The van der Waals surface area contributed by atoms with E-state index in [0.717, 1.165) is 53.5 Å². The van der Waals surface area contributed by atoms with Gasteiger partial charge < -0.3 is 84.2 Å². The number of hydrogen-bond donors (Lipinski definition) is 2. The lowest BCUT2D eigenvalue weighted by Gasteiger charge is -2.14. The molecule has 1 fully saturated rings. The van der Waals surface area contributed by atoms with E-state index in [1.165, 1.54) is 91.9 Å². The van der Waals surface area contributed by atoms with Crippen LogP contribution in [0.2, 0.25) is 0 Å². The van der Waals surface area contributed by atoms with Crippen molar-refractivity contribution in [2.45, 2.75) is 108 Å². The highest BCUT2D eigenvalue weighted by molar-refractivity contribution is 7.86. The maximum Gasteiger partial charge on any atom is 0.411 e. The zero-order valence-electron chi connectivity index (χ0n) is 75.2. The van der Waals surface area contributed by atoms with Gasteiger partial charge in [0.05, 0.1) is 118 Å². The summed E-state index contributed by atoms with van der Waals surface area (Å²) >= 11 is 0. The number of carbonyl (C=O) groups excluding carboxylic acids is 12. The first kappa shape index (κ1) is 118. The number of hydrogen-bond acceptors (Lipinski definition) is 42. The van der Waals surface area contributed by atoms with Crippen molar-refractivity contribution in [2.24, 2.45) is 11.8 Å². The van der Waals surface area contributed by atoms with Crippen molar-refractivity contribution < 1.29 is 192 Å². The average Bonchev–Trinajstić information content (AvgIpc) is 1.44. The lowest BCUT2D eigenvalue weighted by Crippen LogP contribution is -2.20. The first-order chi connectivity index (χ1) is 63.7. The van der Waals surface area contributed by atoms with Crippen LogP contribution in [0.1, 0.15) is 161 Å². The Labute approximate surface area is 790 Å². The molecule has 50 heteroatoms. The smallest absolute Gasteiger partial charge is 0.411 e. The third kappa shape index (κ3) is 50.4. The van der Waals surface area contributed by atoms with Crippen LogP contribution >= 0.6 is 0 Å². The van der Waals surface area contributed by atoms with E-state index in [0.29, 0.717) is 22.5 Å². The predicted octanol–water partition coefficient (Wildman–Crippen LogP) is 8.56. The van der Waals surface area contributed by atoms with E-state index in [2.05, 4.69) is 21.9 Å². The topological polar surface area (TPSA) is 683 Å². The van der Waals surface area contributed by atoms with Gasteiger partial charge in [0, 0.05) is 24.7 Å². The Morgan fingerprint density at radius 3 is 0.993 bits per heavy atom. The molecule has 0 radical (unpaired) electrons. The van der Waals surface area contributed by atoms with Crippen LogP contribution in [-0.4, -0.2) is 230 Å². The second-order valence-corrected chi connectivity index (χ2v) is 38.2. The molecule has 0 bridgehead atoms. The van der Waals surface area contributed by atoms with Crippen LogP contribution in [0, 0.1) is 53.4 Å². The summed E-state index contributed by atoms with van der Waals surface area (Å²) in [6.07, 6.45) is 3.75. The molecule has 0 aromatic heterocycles. The zero-order valence-corrected chi connectivity index (χ0v) is 80.1. The first-order valence-electron chi connectivity index (χ1n) is 40.4. The average molecular weight is 2040 g/mol. The monoisotopic (exact) mass is 2030 g/mol. The SMILES string of the molecule is C=CCOC(=O)Nc1ccc(C(=O)OCCS(=O)(=O)[O-])cc1C.CC(=O)Oc1cc(C)ccc1C(=O)OCCS(=O)(=O)[O-].CCC(=O)Oc1cc(C)ccc1C(=O)OCCS(=O)(=O)[O-].Cc1cc(C(=O)OCCS(=O)(=O)[O-])ccc1NC(=O)OCc1ccccc1.Cc1ccc(C(=O)OCCS(=O)(=O)[O-])c(OC(=O)C(C)C)c1.Cc1ccc(C(=O)OCCS(=O)(=O)[O-])c(OC(=O)C2CCCC2)c1. The minimum Gasteiger partial charge on any atom is -0.748 e. The van der Waals surface area contributed by atoms with Crippen molar-refractivity contribution in [1.29, 1.82) is 0 Å². The van der Waals surface area contributed by atoms with Crippen molar-refractivity contribution >= 4 is 144 Å². The maximum absolute atomic E-state index is 12.2. The van der Waals surface area contributed by atoms with E-state index in [1.54, 1.807) is 92.6 Å². The molecule has 7 aromatic carbocycles. The quantitative estimate of drug-likeness (QED) is 0.0121. The van der Waals surface area contributed by atoms with Crippen LogP contribution in [0.25, 0.3) is 0 Å². The molecule has 0 aliphatic heterocycles. The molecule has 137 heavy (non-hydrogen) atoms. The van der Waals surface area contributed by atoms with E-state index in [9.17, 15) is 135 Å². The summed E-state index contributed by atoms with van der Waals surface area (Å²) < 4.78 is 247. The molecule has 0 atom stereocenters. The predicted molar refractivity (Wildman–Crippen MR) is 477 cm³/mol. The normalized spacial score (nSPS) is 11.7.